The normalized spacial score (nSPS) is 10.5. The number of hydrogen-bond donors (Lipinski definition) is 1. The lowest BCUT2D eigenvalue weighted by molar-refractivity contribution is 0.619. The summed E-state index contributed by atoms with van der Waals surface area (Å²) in [6.45, 7) is 7.26. The van der Waals surface area contributed by atoms with Gasteiger partial charge in [-0.3, -0.25) is 0 Å². The number of halogens is 2. The van der Waals surface area contributed by atoms with Crippen molar-refractivity contribution in [1.29, 1.82) is 0 Å². The molecule has 0 aliphatic carbocycles. The summed E-state index contributed by atoms with van der Waals surface area (Å²) in [5.74, 6) is 0.599. The average Bonchev–Trinajstić information content (AvgIpc) is 2.44. The van der Waals surface area contributed by atoms with Crippen LogP contribution in [0.15, 0.2) is 18.2 Å². The number of nitrogens with zero attached hydrogens (tertiary/aromatic N) is 4. The van der Waals surface area contributed by atoms with E-state index in [9.17, 15) is 4.39 Å². The second-order valence-electron chi connectivity index (χ2n) is 4.49. The topological polar surface area (TPSA) is 53.9 Å². The number of nitrogens with one attached hydrogen (secondary N) is 1. The molecule has 2 rings (SSSR count). The molecule has 0 radical (unpaired) electrons. The van der Waals surface area contributed by atoms with Crippen molar-refractivity contribution in [3.8, 4) is 0 Å². The Morgan fingerprint density at radius 2 is 1.90 bits per heavy atom. The zero-order valence-corrected chi connectivity index (χ0v) is 12.9. The third-order valence-corrected chi connectivity index (χ3v) is 3.23. The molecule has 0 saturated heterocycles. The van der Waals surface area contributed by atoms with Gasteiger partial charge in [0.15, 0.2) is 0 Å². The Morgan fingerprint density at radius 3 is 2.52 bits per heavy atom. The van der Waals surface area contributed by atoms with Gasteiger partial charge in [0.1, 0.15) is 5.82 Å². The molecule has 112 valence electrons. The number of hydrogen-bond acceptors (Lipinski definition) is 5. The Morgan fingerprint density at radius 1 is 1.19 bits per heavy atom. The van der Waals surface area contributed by atoms with E-state index in [1.54, 1.807) is 19.1 Å². The maximum Gasteiger partial charge on any atom is 0.233 e. The number of anilines is 3. The quantitative estimate of drug-likeness (QED) is 0.915. The van der Waals surface area contributed by atoms with Gasteiger partial charge in [0.05, 0.1) is 0 Å². The molecule has 7 heteroatoms. The Labute approximate surface area is 128 Å². The van der Waals surface area contributed by atoms with Crippen molar-refractivity contribution in [3.05, 3.63) is 34.9 Å². The van der Waals surface area contributed by atoms with Gasteiger partial charge in [0.25, 0.3) is 0 Å². The molecule has 0 atom stereocenters. The van der Waals surface area contributed by atoms with Gasteiger partial charge in [-0.05, 0) is 56.1 Å². The molecular weight excluding hydrogens is 293 g/mol. The summed E-state index contributed by atoms with van der Waals surface area (Å²) in [6.07, 6.45) is 0. The van der Waals surface area contributed by atoms with Crippen molar-refractivity contribution in [2.24, 2.45) is 0 Å². The molecule has 0 aliphatic heterocycles. The van der Waals surface area contributed by atoms with Crippen molar-refractivity contribution in [2.75, 3.05) is 23.3 Å². The van der Waals surface area contributed by atoms with E-state index in [1.165, 1.54) is 6.07 Å². The van der Waals surface area contributed by atoms with Gasteiger partial charge in [-0.2, -0.15) is 15.0 Å². The highest BCUT2D eigenvalue weighted by atomic mass is 35.5. The van der Waals surface area contributed by atoms with Crippen LogP contribution in [0.5, 0.6) is 0 Å². The Hall–Kier alpha value is -1.95. The van der Waals surface area contributed by atoms with Crippen LogP contribution < -0.4 is 10.2 Å². The first-order chi connectivity index (χ1) is 10.0. The lowest BCUT2D eigenvalue weighted by atomic mass is 10.2. The maximum absolute atomic E-state index is 13.3. The minimum absolute atomic E-state index is 0.119. The molecule has 1 N–H and O–H groups in total. The molecule has 0 saturated carbocycles. The van der Waals surface area contributed by atoms with Gasteiger partial charge in [0, 0.05) is 18.8 Å². The molecule has 0 fully saturated rings. The summed E-state index contributed by atoms with van der Waals surface area (Å²) in [5.41, 5.74) is 1.24. The summed E-state index contributed by atoms with van der Waals surface area (Å²) < 4.78 is 13.3. The minimum Gasteiger partial charge on any atom is -0.341 e. The number of aryl methyl sites for hydroxylation is 1. The summed E-state index contributed by atoms with van der Waals surface area (Å²) >= 11 is 5.94. The number of benzene rings is 1. The summed E-state index contributed by atoms with van der Waals surface area (Å²) in [4.78, 5) is 14.5. The van der Waals surface area contributed by atoms with Crippen molar-refractivity contribution in [3.63, 3.8) is 0 Å². The Kier molecular flexibility index (Phi) is 4.90. The predicted octanol–water partition coefficient (Wildman–Crippen LogP) is 3.56. The summed E-state index contributed by atoms with van der Waals surface area (Å²) in [6, 6.07) is 4.70. The van der Waals surface area contributed by atoms with Gasteiger partial charge >= 0.3 is 0 Å². The molecule has 21 heavy (non-hydrogen) atoms. The first-order valence-corrected chi connectivity index (χ1v) is 7.11. The monoisotopic (exact) mass is 309 g/mol. The molecular formula is C14H17ClFN5. The van der Waals surface area contributed by atoms with E-state index in [0.717, 1.165) is 13.1 Å². The van der Waals surface area contributed by atoms with E-state index in [1.807, 2.05) is 18.7 Å². The van der Waals surface area contributed by atoms with E-state index in [4.69, 9.17) is 11.6 Å². The lowest BCUT2D eigenvalue weighted by Crippen LogP contribution is -2.24. The van der Waals surface area contributed by atoms with Crippen LogP contribution in [0.4, 0.5) is 22.0 Å². The van der Waals surface area contributed by atoms with E-state index < -0.39 is 0 Å². The fourth-order valence-corrected chi connectivity index (χ4v) is 2.05. The predicted molar refractivity (Wildman–Crippen MR) is 82.8 cm³/mol. The van der Waals surface area contributed by atoms with Gasteiger partial charge in [-0.25, -0.2) is 4.39 Å². The molecule has 0 aliphatic rings. The van der Waals surface area contributed by atoms with E-state index in [2.05, 4.69) is 20.3 Å². The van der Waals surface area contributed by atoms with Gasteiger partial charge in [-0.1, -0.05) is 0 Å². The van der Waals surface area contributed by atoms with Crippen LogP contribution in [-0.4, -0.2) is 28.0 Å². The third-order valence-electron chi connectivity index (χ3n) is 3.06. The van der Waals surface area contributed by atoms with Gasteiger partial charge < -0.3 is 10.2 Å². The zero-order valence-electron chi connectivity index (χ0n) is 12.2. The number of rotatable bonds is 5. The van der Waals surface area contributed by atoms with Gasteiger partial charge in [-0.15, -0.1) is 0 Å². The molecule has 0 bridgehead atoms. The molecule has 5 nitrogen and oxygen atoms in total. The van der Waals surface area contributed by atoms with Crippen molar-refractivity contribution in [1.82, 2.24) is 15.0 Å². The van der Waals surface area contributed by atoms with E-state index in [0.29, 0.717) is 23.1 Å². The smallest absolute Gasteiger partial charge is 0.233 e. The van der Waals surface area contributed by atoms with E-state index >= 15 is 0 Å². The van der Waals surface area contributed by atoms with E-state index in [-0.39, 0.29) is 11.1 Å². The maximum atomic E-state index is 13.3. The Bertz CT molecular complexity index is 631. The summed E-state index contributed by atoms with van der Waals surface area (Å²) in [5, 5.41) is 3.13. The molecule has 0 amide bonds. The van der Waals surface area contributed by atoms with Crippen molar-refractivity contribution < 1.29 is 4.39 Å². The summed E-state index contributed by atoms with van der Waals surface area (Å²) in [7, 11) is 0. The van der Waals surface area contributed by atoms with Crippen LogP contribution in [0.25, 0.3) is 0 Å². The fraction of sp³-hybridized carbons (Fsp3) is 0.357. The zero-order chi connectivity index (χ0) is 15.4. The Balaban J connectivity index is 2.29. The highest BCUT2D eigenvalue weighted by molar-refractivity contribution is 6.28. The van der Waals surface area contributed by atoms with Crippen LogP contribution in [0, 0.1) is 12.7 Å². The van der Waals surface area contributed by atoms with Crippen molar-refractivity contribution in [2.45, 2.75) is 20.8 Å². The van der Waals surface area contributed by atoms with Crippen LogP contribution in [-0.2, 0) is 0 Å². The van der Waals surface area contributed by atoms with Crippen molar-refractivity contribution >= 4 is 29.2 Å². The van der Waals surface area contributed by atoms with Crippen LogP contribution in [0.3, 0.4) is 0 Å². The molecule has 0 unspecified atom stereocenters. The number of aromatic nitrogens is 3. The first-order valence-electron chi connectivity index (χ1n) is 6.73. The molecule has 1 aromatic carbocycles. The highest BCUT2D eigenvalue weighted by Crippen LogP contribution is 2.19. The van der Waals surface area contributed by atoms with Crippen LogP contribution in [0.2, 0.25) is 5.28 Å². The molecule has 0 spiro atoms. The second-order valence-corrected chi connectivity index (χ2v) is 4.83. The SMILES string of the molecule is CCN(CC)c1nc(Cl)nc(Nc2ccc(F)c(C)c2)n1. The highest BCUT2D eigenvalue weighted by Gasteiger charge is 2.10. The largest absolute Gasteiger partial charge is 0.341 e. The second kappa shape index (κ2) is 6.67. The van der Waals surface area contributed by atoms with Gasteiger partial charge in [0.2, 0.25) is 17.2 Å². The lowest BCUT2D eigenvalue weighted by Gasteiger charge is -2.18. The third kappa shape index (κ3) is 3.78. The average molecular weight is 310 g/mol. The molecule has 1 aromatic heterocycles. The standard InChI is InChI=1S/C14H17ClFN5/c1-4-21(5-2)14-19-12(15)18-13(20-14)17-10-6-7-11(16)9(3)8-10/h6-8H,4-5H2,1-3H3,(H,17,18,19,20). The molecule has 2 aromatic rings. The minimum atomic E-state index is -0.252. The molecule has 1 heterocycles. The van der Waals surface area contributed by atoms with Crippen LogP contribution in [0.1, 0.15) is 19.4 Å². The van der Waals surface area contributed by atoms with Crippen LogP contribution >= 0.6 is 11.6 Å². The fourth-order valence-electron chi connectivity index (χ4n) is 1.89. The first kappa shape index (κ1) is 15.4.